The van der Waals surface area contributed by atoms with Gasteiger partial charge in [0.05, 0.1) is 7.11 Å². The Kier molecular flexibility index (Phi) is 12.3. The van der Waals surface area contributed by atoms with Crippen molar-refractivity contribution in [2.75, 3.05) is 20.7 Å². The Hall–Kier alpha value is -1.38. The number of rotatable bonds is 8. The third-order valence-electron chi connectivity index (χ3n) is 3.21. The van der Waals surface area contributed by atoms with Crippen LogP contribution in [0.3, 0.4) is 0 Å². The molecule has 0 bridgehead atoms. The lowest BCUT2D eigenvalue weighted by molar-refractivity contribution is -0.140. The maximum atomic E-state index is 13.5. The summed E-state index contributed by atoms with van der Waals surface area (Å²) < 4.78 is 18.1. The molecule has 23 heavy (non-hydrogen) atoms. The normalized spacial score (nSPS) is 10.7. The van der Waals surface area contributed by atoms with Gasteiger partial charge in [-0.3, -0.25) is 9.79 Å². The van der Waals surface area contributed by atoms with Crippen molar-refractivity contribution in [2.45, 2.75) is 32.2 Å². The number of nitrogens with zero attached hydrogens (tertiary/aromatic N) is 1. The molecule has 0 saturated carbocycles. The van der Waals surface area contributed by atoms with E-state index in [0.717, 1.165) is 25.8 Å². The summed E-state index contributed by atoms with van der Waals surface area (Å²) in [7, 11) is 3.07. The number of halogens is 2. The van der Waals surface area contributed by atoms with Crippen molar-refractivity contribution >= 4 is 35.9 Å². The van der Waals surface area contributed by atoms with Gasteiger partial charge in [0.2, 0.25) is 0 Å². The molecule has 0 fully saturated rings. The Morgan fingerprint density at radius 1 is 1.22 bits per heavy atom. The van der Waals surface area contributed by atoms with Crippen LogP contribution in [0.15, 0.2) is 29.3 Å². The maximum absolute atomic E-state index is 13.5. The van der Waals surface area contributed by atoms with E-state index in [1.54, 1.807) is 25.2 Å². The van der Waals surface area contributed by atoms with E-state index in [2.05, 4.69) is 20.4 Å². The Bertz CT molecular complexity index is 498. The van der Waals surface area contributed by atoms with Gasteiger partial charge >= 0.3 is 5.97 Å². The number of nitrogens with one attached hydrogen (secondary N) is 2. The molecule has 0 aliphatic carbocycles. The zero-order valence-corrected chi connectivity index (χ0v) is 15.9. The molecule has 0 heterocycles. The van der Waals surface area contributed by atoms with Crippen LogP contribution in [0.2, 0.25) is 0 Å². The molecule has 1 rings (SSSR count). The van der Waals surface area contributed by atoms with Crippen LogP contribution >= 0.6 is 24.0 Å². The second kappa shape index (κ2) is 13.1. The molecule has 0 aromatic heterocycles. The molecular formula is C16H25FIN3O2. The molecule has 0 amide bonds. The van der Waals surface area contributed by atoms with Crippen LogP contribution in [0, 0.1) is 5.82 Å². The summed E-state index contributed by atoms with van der Waals surface area (Å²) in [5, 5.41) is 6.23. The molecule has 0 aliphatic heterocycles. The van der Waals surface area contributed by atoms with Crippen molar-refractivity contribution in [1.82, 2.24) is 10.6 Å². The van der Waals surface area contributed by atoms with Crippen molar-refractivity contribution in [3.8, 4) is 0 Å². The SMILES string of the molecule is CN=C(NCCCCCC(=O)OC)NCc1ccccc1F.I. The first-order chi connectivity index (χ1) is 10.7. The van der Waals surface area contributed by atoms with Crippen LogP contribution in [0.5, 0.6) is 0 Å². The second-order valence-electron chi connectivity index (χ2n) is 4.83. The summed E-state index contributed by atoms with van der Waals surface area (Å²) in [5.41, 5.74) is 0.600. The quantitative estimate of drug-likeness (QED) is 0.216. The Balaban J connectivity index is 0.00000484. The third-order valence-corrected chi connectivity index (χ3v) is 3.21. The molecule has 5 nitrogen and oxygen atoms in total. The molecule has 0 unspecified atom stereocenters. The number of hydrogen-bond donors (Lipinski definition) is 2. The Labute approximate surface area is 154 Å². The first kappa shape index (κ1) is 21.6. The summed E-state index contributed by atoms with van der Waals surface area (Å²) in [6.07, 6.45) is 3.14. The van der Waals surface area contributed by atoms with Crippen LogP contribution in [0.1, 0.15) is 31.2 Å². The van der Waals surface area contributed by atoms with Gasteiger partial charge in [-0.2, -0.15) is 0 Å². The smallest absolute Gasteiger partial charge is 0.305 e. The van der Waals surface area contributed by atoms with E-state index in [1.165, 1.54) is 13.2 Å². The van der Waals surface area contributed by atoms with E-state index in [1.807, 2.05) is 0 Å². The number of hydrogen-bond acceptors (Lipinski definition) is 3. The van der Waals surface area contributed by atoms with Crippen LogP contribution in [-0.2, 0) is 16.1 Å². The number of unbranched alkanes of at least 4 members (excludes halogenated alkanes) is 2. The molecule has 7 heteroatoms. The van der Waals surface area contributed by atoms with Crippen LogP contribution in [0.4, 0.5) is 4.39 Å². The number of guanidine groups is 1. The van der Waals surface area contributed by atoms with Gasteiger partial charge in [-0.15, -0.1) is 24.0 Å². The second-order valence-corrected chi connectivity index (χ2v) is 4.83. The third kappa shape index (κ3) is 9.37. The predicted octanol–water partition coefficient (Wildman–Crippen LogP) is 2.84. The fourth-order valence-corrected chi connectivity index (χ4v) is 1.92. The van der Waals surface area contributed by atoms with E-state index in [9.17, 15) is 9.18 Å². The molecule has 2 N–H and O–H groups in total. The number of methoxy groups -OCH3 is 1. The van der Waals surface area contributed by atoms with Crippen molar-refractivity contribution in [2.24, 2.45) is 4.99 Å². The molecule has 1 aromatic carbocycles. The van der Waals surface area contributed by atoms with Crippen LogP contribution in [0.25, 0.3) is 0 Å². The Morgan fingerprint density at radius 3 is 2.61 bits per heavy atom. The largest absolute Gasteiger partial charge is 0.469 e. The predicted molar refractivity (Wildman–Crippen MR) is 101 cm³/mol. The fourth-order valence-electron chi connectivity index (χ4n) is 1.92. The number of aliphatic imine (C=N–C) groups is 1. The number of carbonyl (C=O) groups is 1. The monoisotopic (exact) mass is 437 g/mol. The van der Waals surface area contributed by atoms with E-state index in [4.69, 9.17) is 0 Å². The van der Waals surface area contributed by atoms with Crippen molar-refractivity contribution in [3.63, 3.8) is 0 Å². The first-order valence-electron chi connectivity index (χ1n) is 7.42. The van der Waals surface area contributed by atoms with Crippen molar-refractivity contribution < 1.29 is 13.9 Å². The molecule has 0 aliphatic rings. The van der Waals surface area contributed by atoms with Gasteiger partial charge in [-0.05, 0) is 18.9 Å². The van der Waals surface area contributed by atoms with Gasteiger partial charge in [0.1, 0.15) is 5.82 Å². The number of carbonyl (C=O) groups excluding carboxylic acids is 1. The van der Waals surface area contributed by atoms with E-state index < -0.39 is 0 Å². The molecule has 0 spiro atoms. The lowest BCUT2D eigenvalue weighted by Gasteiger charge is -2.12. The lowest BCUT2D eigenvalue weighted by atomic mass is 10.2. The van der Waals surface area contributed by atoms with Gasteiger partial charge in [-0.1, -0.05) is 24.6 Å². The zero-order valence-electron chi connectivity index (χ0n) is 13.6. The lowest BCUT2D eigenvalue weighted by Crippen LogP contribution is -2.37. The highest BCUT2D eigenvalue weighted by Crippen LogP contribution is 2.05. The van der Waals surface area contributed by atoms with Crippen LogP contribution in [-0.4, -0.2) is 32.6 Å². The topological polar surface area (TPSA) is 62.7 Å². The number of ether oxygens (including phenoxy) is 1. The van der Waals surface area contributed by atoms with Crippen LogP contribution < -0.4 is 10.6 Å². The molecule has 0 radical (unpaired) electrons. The Morgan fingerprint density at radius 2 is 1.96 bits per heavy atom. The molecule has 0 saturated heterocycles. The highest BCUT2D eigenvalue weighted by atomic mass is 127. The van der Waals surface area contributed by atoms with E-state index in [-0.39, 0.29) is 35.8 Å². The summed E-state index contributed by atoms with van der Waals surface area (Å²) in [6, 6.07) is 6.65. The van der Waals surface area contributed by atoms with Gasteiger partial charge < -0.3 is 15.4 Å². The fraction of sp³-hybridized carbons (Fsp3) is 0.500. The van der Waals surface area contributed by atoms with Gasteiger partial charge in [-0.25, -0.2) is 4.39 Å². The van der Waals surface area contributed by atoms with Gasteiger partial charge in [0.15, 0.2) is 5.96 Å². The minimum atomic E-state index is -0.228. The molecule has 0 atom stereocenters. The summed E-state index contributed by atoms with van der Waals surface area (Å²) >= 11 is 0. The average molecular weight is 437 g/mol. The van der Waals surface area contributed by atoms with Gasteiger partial charge in [0.25, 0.3) is 0 Å². The summed E-state index contributed by atoms with van der Waals surface area (Å²) in [5.74, 6) is 0.236. The van der Waals surface area contributed by atoms with Crippen molar-refractivity contribution in [1.29, 1.82) is 0 Å². The highest BCUT2D eigenvalue weighted by Gasteiger charge is 2.03. The number of benzene rings is 1. The summed E-state index contributed by atoms with van der Waals surface area (Å²) in [6.45, 7) is 1.13. The van der Waals surface area contributed by atoms with Gasteiger partial charge in [0, 0.05) is 32.1 Å². The molecule has 130 valence electrons. The van der Waals surface area contributed by atoms with E-state index in [0.29, 0.717) is 24.5 Å². The highest BCUT2D eigenvalue weighted by molar-refractivity contribution is 14.0. The summed E-state index contributed by atoms with van der Waals surface area (Å²) in [4.78, 5) is 15.0. The average Bonchev–Trinajstić information content (AvgIpc) is 2.54. The standard InChI is InChI=1S/C16H24FN3O2.HI/c1-18-16(19-11-7-3-4-10-15(21)22-2)20-12-13-8-5-6-9-14(13)17;/h5-6,8-9H,3-4,7,10-12H2,1-2H3,(H2,18,19,20);1H. The molecular weight excluding hydrogens is 412 g/mol. The molecule has 1 aromatic rings. The van der Waals surface area contributed by atoms with E-state index >= 15 is 0 Å². The minimum absolute atomic E-state index is 0. The minimum Gasteiger partial charge on any atom is -0.469 e. The first-order valence-corrected chi connectivity index (χ1v) is 7.42. The zero-order chi connectivity index (χ0) is 16.2. The maximum Gasteiger partial charge on any atom is 0.305 e. The van der Waals surface area contributed by atoms with Crippen molar-refractivity contribution in [3.05, 3.63) is 35.6 Å². The number of esters is 1.